The average molecular weight is 310 g/mol. The molecule has 4 heteroatoms. The molecule has 0 spiro atoms. The fourth-order valence-electron chi connectivity index (χ4n) is 3.08. The lowest BCUT2D eigenvalue weighted by atomic mass is 10.0. The zero-order chi connectivity index (χ0) is 15.2. The molecule has 1 aliphatic heterocycles. The second kappa shape index (κ2) is 8.25. The first-order valence-corrected chi connectivity index (χ1v) is 9.33. The molecule has 2 rings (SSSR count). The second-order valence-corrected chi connectivity index (χ2v) is 7.82. The van der Waals surface area contributed by atoms with Crippen LogP contribution in [0.2, 0.25) is 0 Å². The number of piperidine rings is 1. The number of rotatable bonds is 7. The van der Waals surface area contributed by atoms with E-state index in [1.807, 2.05) is 11.3 Å². The van der Waals surface area contributed by atoms with Gasteiger partial charge in [0.25, 0.3) is 0 Å². The largest absolute Gasteiger partial charge is 0.312 e. The summed E-state index contributed by atoms with van der Waals surface area (Å²) in [7, 11) is 0. The number of nitrogens with zero attached hydrogens (tertiary/aromatic N) is 2. The van der Waals surface area contributed by atoms with Gasteiger partial charge < -0.3 is 10.2 Å². The van der Waals surface area contributed by atoms with Crippen molar-refractivity contribution in [2.24, 2.45) is 5.92 Å². The van der Waals surface area contributed by atoms with Crippen molar-refractivity contribution in [2.45, 2.75) is 59.4 Å². The molecule has 1 unspecified atom stereocenters. The maximum Gasteiger partial charge on any atom is 0.0944 e. The van der Waals surface area contributed by atoms with Gasteiger partial charge in [-0.25, -0.2) is 4.98 Å². The third-order valence-electron chi connectivity index (χ3n) is 4.24. The zero-order valence-electron chi connectivity index (χ0n) is 14.1. The molecular weight excluding hydrogens is 278 g/mol. The summed E-state index contributed by atoms with van der Waals surface area (Å²) >= 11 is 1.92. The van der Waals surface area contributed by atoms with Crippen LogP contribution in [-0.4, -0.2) is 36.1 Å². The summed E-state index contributed by atoms with van der Waals surface area (Å²) in [5.74, 6) is 1.39. The molecule has 21 heavy (non-hydrogen) atoms. The quantitative estimate of drug-likeness (QED) is 0.833. The lowest BCUT2D eigenvalue weighted by Gasteiger charge is -2.30. The van der Waals surface area contributed by atoms with Gasteiger partial charge in [0.15, 0.2) is 0 Å². The number of aromatic nitrogens is 1. The summed E-state index contributed by atoms with van der Waals surface area (Å²) in [6.07, 6.45) is 3.88. The van der Waals surface area contributed by atoms with E-state index in [9.17, 15) is 0 Å². The Morgan fingerprint density at radius 1 is 1.43 bits per heavy atom. The highest BCUT2D eigenvalue weighted by Gasteiger charge is 2.18. The van der Waals surface area contributed by atoms with Crippen molar-refractivity contribution in [2.75, 3.05) is 26.2 Å². The Hall–Kier alpha value is -0.450. The number of nitrogens with one attached hydrogen (secondary N) is 1. The van der Waals surface area contributed by atoms with E-state index in [4.69, 9.17) is 4.98 Å². The van der Waals surface area contributed by atoms with Gasteiger partial charge in [-0.2, -0.15) is 0 Å². The van der Waals surface area contributed by atoms with Gasteiger partial charge in [-0.15, -0.1) is 11.3 Å². The molecule has 1 aromatic rings. The Bertz CT molecular complexity index is 428. The van der Waals surface area contributed by atoms with Crippen molar-refractivity contribution in [3.05, 3.63) is 15.6 Å². The summed E-state index contributed by atoms with van der Waals surface area (Å²) in [6.45, 7) is 14.8. The van der Waals surface area contributed by atoms with Crippen molar-refractivity contribution in [3.8, 4) is 0 Å². The van der Waals surface area contributed by atoms with Gasteiger partial charge in [0, 0.05) is 30.9 Å². The summed E-state index contributed by atoms with van der Waals surface area (Å²) in [6, 6.07) is 0. The van der Waals surface area contributed by atoms with E-state index in [0.29, 0.717) is 5.92 Å². The van der Waals surface area contributed by atoms with Crippen LogP contribution in [0.3, 0.4) is 0 Å². The standard InChI is InChI=1S/C17H31N3S/c1-5-18-11-15-17(13(2)3)19-16(21-15)8-10-20-9-6-7-14(4)12-20/h13-14,18H,5-12H2,1-4H3. The van der Waals surface area contributed by atoms with Crippen LogP contribution in [0.4, 0.5) is 0 Å². The fourth-order valence-corrected chi connectivity index (χ4v) is 4.26. The maximum atomic E-state index is 4.92. The van der Waals surface area contributed by atoms with E-state index in [1.54, 1.807) is 0 Å². The van der Waals surface area contributed by atoms with Crippen molar-refractivity contribution in [1.82, 2.24) is 15.2 Å². The summed E-state index contributed by atoms with van der Waals surface area (Å²) in [4.78, 5) is 8.98. The molecular formula is C17H31N3S. The predicted molar refractivity (Wildman–Crippen MR) is 92.1 cm³/mol. The van der Waals surface area contributed by atoms with E-state index < -0.39 is 0 Å². The lowest BCUT2D eigenvalue weighted by Crippen LogP contribution is -2.35. The van der Waals surface area contributed by atoms with Gasteiger partial charge in [0.1, 0.15) is 0 Å². The third kappa shape index (κ3) is 5.04. The van der Waals surface area contributed by atoms with Crippen LogP contribution >= 0.6 is 11.3 Å². The number of hydrogen-bond acceptors (Lipinski definition) is 4. The minimum Gasteiger partial charge on any atom is -0.312 e. The van der Waals surface area contributed by atoms with E-state index in [-0.39, 0.29) is 0 Å². The lowest BCUT2D eigenvalue weighted by molar-refractivity contribution is 0.186. The summed E-state index contributed by atoms with van der Waals surface area (Å²) in [5.41, 5.74) is 1.31. The Labute approximate surface area is 134 Å². The van der Waals surface area contributed by atoms with Crippen LogP contribution in [0.15, 0.2) is 0 Å². The normalized spacial score (nSPS) is 20.3. The van der Waals surface area contributed by atoms with E-state index in [1.165, 1.54) is 48.1 Å². The van der Waals surface area contributed by atoms with Crippen LogP contribution in [0, 0.1) is 5.92 Å². The minimum absolute atomic E-state index is 0.527. The molecule has 2 heterocycles. The molecule has 0 saturated carbocycles. The molecule has 120 valence electrons. The number of likely N-dealkylation sites (tertiary alicyclic amines) is 1. The number of thiazole rings is 1. The molecule has 1 aromatic heterocycles. The maximum absolute atomic E-state index is 4.92. The first-order valence-electron chi connectivity index (χ1n) is 8.51. The highest BCUT2D eigenvalue weighted by Crippen LogP contribution is 2.26. The molecule has 1 N–H and O–H groups in total. The van der Waals surface area contributed by atoms with Crippen molar-refractivity contribution in [1.29, 1.82) is 0 Å². The molecule has 1 aliphatic rings. The molecule has 3 nitrogen and oxygen atoms in total. The van der Waals surface area contributed by atoms with Gasteiger partial charge in [0.05, 0.1) is 10.7 Å². The Kier molecular flexibility index (Phi) is 6.65. The molecule has 0 aromatic carbocycles. The van der Waals surface area contributed by atoms with Gasteiger partial charge in [-0.05, 0) is 37.8 Å². The third-order valence-corrected chi connectivity index (χ3v) is 5.37. The van der Waals surface area contributed by atoms with Crippen molar-refractivity contribution >= 4 is 11.3 Å². The second-order valence-electron chi connectivity index (χ2n) is 6.65. The van der Waals surface area contributed by atoms with Crippen LogP contribution in [0.1, 0.15) is 62.0 Å². The molecule has 0 radical (unpaired) electrons. The topological polar surface area (TPSA) is 28.2 Å². The average Bonchev–Trinajstić information content (AvgIpc) is 2.86. The van der Waals surface area contributed by atoms with Crippen LogP contribution < -0.4 is 5.32 Å². The Balaban J connectivity index is 1.93. The molecule has 1 fully saturated rings. The highest BCUT2D eigenvalue weighted by atomic mass is 32.1. The Morgan fingerprint density at radius 2 is 2.24 bits per heavy atom. The first kappa shape index (κ1) is 16.9. The predicted octanol–water partition coefficient (Wildman–Crippen LogP) is 3.65. The first-order chi connectivity index (χ1) is 10.1. The minimum atomic E-state index is 0.527. The molecule has 0 aliphatic carbocycles. The summed E-state index contributed by atoms with van der Waals surface area (Å²) in [5, 5.41) is 4.77. The molecule has 0 amide bonds. The van der Waals surface area contributed by atoms with Gasteiger partial charge in [0.2, 0.25) is 0 Å². The monoisotopic (exact) mass is 309 g/mol. The molecule has 1 atom stereocenters. The van der Waals surface area contributed by atoms with E-state index in [2.05, 4.69) is 37.9 Å². The van der Waals surface area contributed by atoms with Crippen LogP contribution in [-0.2, 0) is 13.0 Å². The number of hydrogen-bond donors (Lipinski definition) is 1. The van der Waals surface area contributed by atoms with Gasteiger partial charge in [-0.3, -0.25) is 0 Å². The molecule has 0 bridgehead atoms. The zero-order valence-corrected chi connectivity index (χ0v) is 14.9. The van der Waals surface area contributed by atoms with Crippen LogP contribution in [0.25, 0.3) is 0 Å². The van der Waals surface area contributed by atoms with Gasteiger partial charge >= 0.3 is 0 Å². The Morgan fingerprint density at radius 3 is 2.90 bits per heavy atom. The smallest absolute Gasteiger partial charge is 0.0944 e. The summed E-state index contributed by atoms with van der Waals surface area (Å²) < 4.78 is 0. The van der Waals surface area contributed by atoms with Crippen molar-refractivity contribution in [3.63, 3.8) is 0 Å². The van der Waals surface area contributed by atoms with Crippen LogP contribution in [0.5, 0.6) is 0 Å². The fraction of sp³-hybridized carbons (Fsp3) is 0.824. The van der Waals surface area contributed by atoms with Crippen molar-refractivity contribution < 1.29 is 0 Å². The SMILES string of the molecule is CCNCc1sc(CCN2CCCC(C)C2)nc1C(C)C. The molecule has 1 saturated heterocycles. The van der Waals surface area contributed by atoms with E-state index in [0.717, 1.165) is 25.4 Å². The van der Waals surface area contributed by atoms with Gasteiger partial charge in [-0.1, -0.05) is 27.7 Å². The highest BCUT2D eigenvalue weighted by molar-refractivity contribution is 7.11. The van der Waals surface area contributed by atoms with E-state index >= 15 is 0 Å².